The van der Waals surface area contributed by atoms with Crippen LogP contribution in [0.3, 0.4) is 0 Å². The minimum Gasteiger partial charge on any atom is -0.377 e. The number of rotatable bonds is 6. The van der Waals surface area contributed by atoms with Crippen LogP contribution in [-0.2, 0) is 35.4 Å². The molecular formula is C24H32N2O6S. The van der Waals surface area contributed by atoms with E-state index in [1.165, 1.54) is 0 Å². The summed E-state index contributed by atoms with van der Waals surface area (Å²) in [6, 6.07) is 15.0. The zero-order chi connectivity index (χ0) is 23.5. The van der Waals surface area contributed by atoms with E-state index in [0.717, 1.165) is 11.1 Å². The van der Waals surface area contributed by atoms with Crippen LogP contribution in [0.15, 0.2) is 59.5 Å². The Bertz CT molecular complexity index is 954. The van der Waals surface area contributed by atoms with E-state index >= 15 is 0 Å². The third-order valence-corrected chi connectivity index (χ3v) is 6.76. The van der Waals surface area contributed by atoms with Crippen molar-refractivity contribution in [2.45, 2.75) is 24.3 Å². The minimum atomic E-state index is -3.90. The number of nitrogens with zero attached hydrogens (tertiary/aromatic N) is 1. The van der Waals surface area contributed by atoms with Gasteiger partial charge in [-0.05, 0) is 31.0 Å². The van der Waals surface area contributed by atoms with E-state index in [-0.39, 0.29) is 17.2 Å². The molecule has 0 spiro atoms. The van der Waals surface area contributed by atoms with Crippen molar-refractivity contribution in [2.75, 3.05) is 52.7 Å². The van der Waals surface area contributed by atoms with Crippen molar-refractivity contribution in [1.82, 2.24) is 9.62 Å². The van der Waals surface area contributed by atoms with Crippen LogP contribution in [0.25, 0.3) is 0 Å². The number of amides is 1. The van der Waals surface area contributed by atoms with Crippen LogP contribution in [0.1, 0.15) is 11.1 Å². The third kappa shape index (κ3) is 8.21. The molecule has 1 aliphatic heterocycles. The summed E-state index contributed by atoms with van der Waals surface area (Å²) in [5.74, 6) is -0.310. The smallest absolute Gasteiger partial charge is 0.241 e. The highest BCUT2D eigenvalue weighted by molar-refractivity contribution is 7.89. The van der Waals surface area contributed by atoms with E-state index < -0.39 is 16.1 Å². The van der Waals surface area contributed by atoms with Crippen LogP contribution >= 0.6 is 0 Å². The Hall–Kier alpha value is -2.30. The predicted octanol–water partition coefficient (Wildman–Crippen LogP) is 1.78. The van der Waals surface area contributed by atoms with Crippen molar-refractivity contribution >= 4 is 15.9 Å². The van der Waals surface area contributed by atoms with Gasteiger partial charge >= 0.3 is 0 Å². The highest BCUT2D eigenvalue weighted by Gasteiger charge is 2.29. The maximum atomic E-state index is 13.5. The van der Waals surface area contributed by atoms with Gasteiger partial charge in [-0.3, -0.25) is 4.79 Å². The molecule has 9 heteroatoms. The van der Waals surface area contributed by atoms with Crippen molar-refractivity contribution in [3.63, 3.8) is 0 Å². The molecular weight excluding hydrogens is 444 g/mol. The molecule has 1 fully saturated rings. The Morgan fingerprint density at radius 3 is 2.00 bits per heavy atom. The van der Waals surface area contributed by atoms with E-state index in [4.69, 9.17) is 14.2 Å². The van der Waals surface area contributed by atoms with E-state index in [2.05, 4.69) is 4.72 Å². The molecule has 1 amide bonds. The number of sulfonamides is 1. The van der Waals surface area contributed by atoms with Gasteiger partial charge in [0.25, 0.3) is 0 Å². The van der Waals surface area contributed by atoms with Gasteiger partial charge in [0.1, 0.15) is 6.04 Å². The van der Waals surface area contributed by atoms with Gasteiger partial charge in [-0.15, -0.1) is 0 Å². The highest BCUT2D eigenvalue weighted by Crippen LogP contribution is 2.14. The maximum Gasteiger partial charge on any atom is 0.241 e. The number of aryl methyl sites for hydroxylation is 1. The molecule has 1 aliphatic rings. The first-order valence-corrected chi connectivity index (χ1v) is 12.6. The first-order valence-electron chi connectivity index (χ1n) is 11.1. The van der Waals surface area contributed by atoms with Gasteiger partial charge in [0, 0.05) is 13.1 Å². The molecule has 2 aromatic carbocycles. The second-order valence-electron chi connectivity index (χ2n) is 7.84. The lowest BCUT2D eigenvalue weighted by atomic mass is 10.1. The molecule has 3 rings (SSSR count). The molecule has 0 radical (unpaired) electrons. The lowest BCUT2D eigenvalue weighted by Crippen LogP contribution is -2.51. The zero-order valence-electron chi connectivity index (χ0n) is 18.9. The van der Waals surface area contributed by atoms with Crippen LogP contribution in [0.2, 0.25) is 0 Å². The normalized spacial score (nSPS) is 17.5. The molecule has 1 atom stereocenters. The van der Waals surface area contributed by atoms with Crippen molar-refractivity contribution < 1.29 is 27.4 Å². The molecule has 0 bridgehead atoms. The molecule has 180 valence electrons. The van der Waals surface area contributed by atoms with E-state index in [9.17, 15) is 13.2 Å². The van der Waals surface area contributed by atoms with Crippen molar-refractivity contribution in [3.05, 3.63) is 65.7 Å². The molecule has 0 aromatic heterocycles. The molecule has 1 heterocycles. The van der Waals surface area contributed by atoms with Gasteiger partial charge in [-0.2, -0.15) is 4.72 Å². The number of hydrogen-bond donors (Lipinski definition) is 1. The van der Waals surface area contributed by atoms with Crippen molar-refractivity contribution in [1.29, 1.82) is 0 Å². The molecule has 8 nitrogen and oxygen atoms in total. The van der Waals surface area contributed by atoms with Gasteiger partial charge in [-0.1, -0.05) is 48.0 Å². The Morgan fingerprint density at radius 1 is 0.879 bits per heavy atom. The molecule has 0 aliphatic carbocycles. The number of nitrogens with one attached hydrogen (secondary N) is 1. The first-order chi connectivity index (χ1) is 16.0. The highest BCUT2D eigenvalue weighted by atomic mass is 32.2. The number of ether oxygens (including phenoxy) is 3. The number of carbonyl (C=O) groups excluding carboxylic acids is 1. The topological polar surface area (TPSA) is 94.2 Å². The second kappa shape index (κ2) is 12.8. The van der Waals surface area contributed by atoms with Gasteiger partial charge < -0.3 is 19.1 Å². The van der Waals surface area contributed by atoms with Gasteiger partial charge in [0.2, 0.25) is 15.9 Å². The van der Waals surface area contributed by atoms with Gasteiger partial charge in [0.15, 0.2) is 0 Å². The number of carbonyl (C=O) groups is 1. The fourth-order valence-corrected chi connectivity index (χ4v) is 4.64. The summed E-state index contributed by atoms with van der Waals surface area (Å²) in [6.07, 6.45) is 0.233. The predicted molar refractivity (Wildman–Crippen MR) is 124 cm³/mol. The van der Waals surface area contributed by atoms with E-state index in [0.29, 0.717) is 52.7 Å². The zero-order valence-corrected chi connectivity index (χ0v) is 19.8. The van der Waals surface area contributed by atoms with Gasteiger partial charge in [0.05, 0.1) is 44.5 Å². The monoisotopic (exact) mass is 476 g/mol. The van der Waals surface area contributed by atoms with Crippen LogP contribution in [0.5, 0.6) is 0 Å². The number of benzene rings is 2. The molecule has 1 unspecified atom stereocenters. The van der Waals surface area contributed by atoms with E-state index in [1.807, 2.05) is 37.3 Å². The fraction of sp³-hybridized carbons (Fsp3) is 0.458. The van der Waals surface area contributed by atoms with Crippen LogP contribution in [0.4, 0.5) is 0 Å². The lowest BCUT2D eigenvalue weighted by Gasteiger charge is -2.28. The quantitative estimate of drug-likeness (QED) is 0.683. The summed E-state index contributed by atoms with van der Waals surface area (Å²) in [6.45, 7) is 4.99. The minimum absolute atomic E-state index is 0.124. The average Bonchev–Trinajstić information content (AvgIpc) is 2.79. The summed E-state index contributed by atoms with van der Waals surface area (Å²) in [5.41, 5.74) is 1.82. The Balaban J connectivity index is 1.80. The van der Waals surface area contributed by atoms with Crippen molar-refractivity contribution in [2.24, 2.45) is 0 Å². The number of hydrogen-bond acceptors (Lipinski definition) is 6. The fourth-order valence-electron chi connectivity index (χ4n) is 3.45. The SMILES string of the molecule is Cc1ccc(S(=O)(=O)NC(Cc2ccccc2)C(=O)N2CCOCCOCCOCC2)cc1. The summed E-state index contributed by atoms with van der Waals surface area (Å²) in [5, 5.41) is 0. The Labute approximate surface area is 195 Å². The lowest BCUT2D eigenvalue weighted by molar-refractivity contribution is -0.135. The third-order valence-electron chi connectivity index (χ3n) is 5.28. The standard InChI is InChI=1S/C24H32N2O6S/c1-20-7-9-22(10-8-20)33(28,29)25-23(19-21-5-3-2-4-6-21)24(27)26-11-13-30-15-17-32-18-16-31-14-12-26/h2-10,23,25H,11-19H2,1H3. The van der Waals surface area contributed by atoms with E-state index in [1.54, 1.807) is 29.2 Å². The van der Waals surface area contributed by atoms with Crippen LogP contribution in [0, 0.1) is 6.92 Å². The molecule has 1 saturated heterocycles. The van der Waals surface area contributed by atoms with Crippen LogP contribution < -0.4 is 4.72 Å². The first kappa shape index (κ1) is 25.3. The average molecular weight is 477 g/mol. The Kier molecular flexibility index (Phi) is 9.83. The second-order valence-corrected chi connectivity index (χ2v) is 9.55. The molecule has 33 heavy (non-hydrogen) atoms. The largest absolute Gasteiger partial charge is 0.377 e. The molecule has 2 aromatic rings. The Morgan fingerprint density at radius 2 is 1.42 bits per heavy atom. The molecule has 1 N–H and O–H groups in total. The summed E-state index contributed by atoms with van der Waals surface area (Å²) in [7, 11) is -3.90. The summed E-state index contributed by atoms with van der Waals surface area (Å²) >= 11 is 0. The summed E-state index contributed by atoms with van der Waals surface area (Å²) in [4.78, 5) is 15.3. The van der Waals surface area contributed by atoms with Crippen LogP contribution in [-0.4, -0.2) is 78.0 Å². The molecule has 0 saturated carbocycles. The van der Waals surface area contributed by atoms with Crippen molar-refractivity contribution in [3.8, 4) is 0 Å². The summed E-state index contributed by atoms with van der Waals surface area (Å²) < 4.78 is 45.3. The maximum absolute atomic E-state index is 13.5. The van der Waals surface area contributed by atoms with Gasteiger partial charge in [-0.25, -0.2) is 8.42 Å².